The van der Waals surface area contributed by atoms with Gasteiger partial charge in [0.15, 0.2) is 0 Å². The minimum absolute atomic E-state index is 0.238. The molecule has 0 spiro atoms. The number of amidine groups is 1. The predicted octanol–water partition coefficient (Wildman–Crippen LogP) is 0.291. The highest BCUT2D eigenvalue weighted by Gasteiger charge is 2.23. The van der Waals surface area contributed by atoms with Crippen molar-refractivity contribution in [3.8, 4) is 0 Å². The molecule has 1 fully saturated rings. The van der Waals surface area contributed by atoms with Crippen LogP contribution in [0.1, 0.15) is 26.7 Å². The molecule has 0 aromatic rings. The third-order valence-electron chi connectivity index (χ3n) is 3.62. The molecule has 0 aromatic heterocycles. The van der Waals surface area contributed by atoms with Crippen LogP contribution in [0.15, 0.2) is 5.16 Å². The van der Waals surface area contributed by atoms with Crippen LogP contribution in [0.4, 0.5) is 0 Å². The van der Waals surface area contributed by atoms with Crippen LogP contribution in [0.2, 0.25) is 0 Å². The fraction of sp³-hybridized carbons (Fsp3) is 0.917. The number of likely N-dealkylation sites (N-methyl/N-ethyl adjacent to an activating group) is 1. The van der Waals surface area contributed by atoms with Gasteiger partial charge in [0.1, 0.15) is 5.84 Å². The second-order valence-corrected chi connectivity index (χ2v) is 5.67. The first-order valence-corrected chi connectivity index (χ1v) is 6.61. The van der Waals surface area contributed by atoms with E-state index in [2.05, 4.69) is 27.5 Å². The van der Waals surface area contributed by atoms with Gasteiger partial charge in [-0.05, 0) is 19.9 Å². The van der Waals surface area contributed by atoms with Crippen LogP contribution in [0.25, 0.3) is 0 Å². The summed E-state index contributed by atoms with van der Waals surface area (Å²) in [7, 11) is 2.15. The Morgan fingerprint density at radius 1 is 1.33 bits per heavy atom. The van der Waals surface area contributed by atoms with E-state index in [0.717, 1.165) is 45.6 Å². The minimum atomic E-state index is -0.238. The molecule has 0 radical (unpaired) electrons. The van der Waals surface area contributed by atoms with E-state index < -0.39 is 0 Å². The number of hydrogen-bond acceptors (Lipinski definition) is 5. The van der Waals surface area contributed by atoms with Gasteiger partial charge >= 0.3 is 0 Å². The molecular weight excluding hydrogens is 230 g/mol. The van der Waals surface area contributed by atoms with Gasteiger partial charge in [0.2, 0.25) is 0 Å². The monoisotopic (exact) mass is 257 g/mol. The number of nitrogens with two attached hydrogens (primary N) is 1. The zero-order valence-corrected chi connectivity index (χ0v) is 11.8. The Bertz CT molecular complexity index is 272. The van der Waals surface area contributed by atoms with E-state index in [1.54, 1.807) is 0 Å². The molecule has 1 saturated heterocycles. The van der Waals surface area contributed by atoms with Crippen molar-refractivity contribution >= 4 is 5.84 Å². The molecule has 0 saturated carbocycles. The molecule has 6 heteroatoms. The molecule has 0 aromatic carbocycles. The van der Waals surface area contributed by atoms with Crippen LogP contribution in [-0.4, -0.2) is 60.7 Å². The number of rotatable bonds is 6. The van der Waals surface area contributed by atoms with Gasteiger partial charge < -0.3 is 15.8 Å². The summed E-state index contributed by atoms with van der Waals surface area (Å²) in [6.07, 6.45) is 1.92. The standard InChI is InChI=1S/C12H27N5O/c1-12(2,11(13)15-18)5-4-6-14-17-9-7-16(3)8-10-17/h14,18H,4-10H2,1-3H3,(H2,13,15). The summed E-state index contributed by atoms with van der Waals surface area (Å²) < 4.78 is 0. The van der Waals surface area contributed by atoms with E-state index in [9.17, 15) is 0 Å². The van der Waals surface area contributed by atoms with Gasteiger partial charge in [-0.2, -0.15) is 0 Å². The maximum atomic E-state index is 8.69. The molecule has 0 aliphatic carbocycles. The van der Waals surface area contributed by atoms with Gasteiger partial charge in [0.05, 0.1) is 0 Å². The average molecular weight is 257 g/mol. The summed E-state index contributed by atoms with van der Waals surface area (Å²) in [5.41, 5.74) is 8.85. The molecule has 1 heterocycles. The fourth-order valence-corrected chi connectivity index (χ4v) is 2.00. The maximum Gasteiger partial charge on any atom is 0.144 e. The Labute approximate surface area is 110 Å². The molecule has 1 rings (SSSR count). The fourth-order valence-electron chi connectivity index (χ4n) is 2.00. The van der Waals surface area contributed by atoms with Crippen LogP contribution in [0.3, 0.4) is 0 Å². The van der Waals surface area contributed by atoms with Gasteiger partial charge in [-0.1, -0.05) is 19.0 Å². The summed E-state index contributed by atoms with van der Waals surface area (Å²) in [6, 6.07) is 0. The topological polar surface area (TPSA) is 77.1 Å². The smallest absolute Gasteiger partial charge is 0.144 e. The summed E-state index contributed by atoms with van der Waals surface area (Å²) in [6.45, 7) is 9.30. The zero-order chi connectivity index (χ0) is 13.6. The van der Waals surface area contributed by atoms with Crippen LogP contribution >= 0.6 is 0 Å². The molecule has 0 unspecified atom stereocenters. The molecule has 0 amide bonds. The largest absolute Gasteiger partial charge is 0.409 e. The number of hydrogen-bond donors (Lipinski definition) is 3. The predicted molar refractivity (Wildman–Crippen MR) is 73.5 cm³/mol. The third-order valence-corrected chi connectivity index (χ3v) is 3.62. The number of piperazine rings is 1. The highest BCUT2D eigenvalue weighted by molar-refractivity contribution is 5.85. The molecule has 18 heavy (non-hydrogen) atoms. The molecule has 1 aliphatic rings. The Morgan fingerprint density at radius 3 is 2.50 bits per heavy atom. The van der Waals surface area contributed by atoms with Crippen molar-refractivity contribution in [1.82, 2.24) is 15.3 Å². The van der Waals surface area contributed by atoms with E-state index in [-0.39, 0.29) is 5.41 Å². The number of nitrogens with zero attached hydrogens (tertiary/aromatic N) is 3. The van der Waals surface area contributed by atoms with Crippen molar-refractivity contribution in [3.05, 3.63) is 0 Å². The quantitative estimate of drug-likeness (QED) is 0.210. The van der Waals surface area contributed by atoms with Crippen molar-refractivity contribution in [2.24, 2.45) is 16.3 Å². The van der Waals surface area contributed by atoms with E-state index >= 15 is 0 Å². The van der Waals surface area contributed by atoms with Crippen LogP contribution in [0, 0.1) is 5.41 Å². The van der Waals surface area contributed by atoms with Crippen molar-refractivity contribution in [2.75, 3.05) is 39.8 Å². The Kier molecular flexibility index (Phi) is 5.84. The molecule has 1 aliphatic heterocycles. The van der Waals surface area contributed by atoms with Crippen LogP contribution < -0.4 is 11.2 Å². The first-order valence-electron chi connectivity index (χ1n) is 6.61. The first kappa shape index (κ1) is 15.2. The van der Waals surface area contributed by atoms with Crippen LogP contribution in [0.5, 0.6) is 0 Å². The van der Waals surface area contributed by atoms with E-state index in [0.29, 0.717) is 5.84 Å². The van der Waals surface area contributed by atoms with Gasteiger partial charge in [0, 0.05) is 38.1 Å². The lowest BCUT2D eigenvalue weighted by atomic mass is 9.87. The summed E-state index contributed by atoms with van der Waals surface area (Å²) in [5.74, 6) is 0.307. The van der Waals surface area contributed by atoms with Crippen molar-refractivity contribution in [3.63, 3.8) is 0 Å². The third kappa shape index (κ3) is 4.80. The SMILES string of the molecule is CN1CCN(NCCCC(C)(C)C(N)=NO)CC1. The second-order valence-electron chi connectivity index (χ2n) is 5.67. The lowest BCUT2D eigenvalue weighted by Crippen LogP contribution is -2.51. The normalized spacial score (nSPS) is 20.3. The van der Waals surface area contributed by atoms with Gasteiger partial charge in [-0.3, -0.25) is 5.43 Å². The van der Waals surface area contributed by atoms with E-state index in [1.807, 2.05) is 13.8 Å². The summed E-state index contributed by atoms with van der Waals surface area (Å²) in [5, 5.41) is 14.1. The van der Waals surface area contributed by atoms with E-state index in [4.69, 9.17) is 10.9 Å². The molecule has 0 bridgehead atoms. The Hall–Kier alpha value is -0.850. The molecular formula is C12H27N5O. The Morgan fingerprint density at radius 2 is 1.94 bits per heavy atom. The van der Waals surface area contributed by atoms with Gasteiger partial charge in [-0.15, -0.1) is 0 Å². The molecule has 106 valence electrons. The van der Waals surface area contributed by atoms with E-state index in [1.165, 1.54) is 0 Å². The first-order chi connectivity index (χ1) is 8.45. The minimum Gasteiger partial charge on any atom is -0.409 e. The maximum absolute atomic E-state index is 8.69. The van der Waals surface area contributed by atoms with Crippen LogP contribution in [-0.2, 0) is 0 Å². The lowest BCUT2D eigenvalue weighted by Gasteiger charge is -2.33. The highest BCUT2D eigenvalue weighted by Crippen LogP contribution is 2.21. The summed E-state index contributed by atoms with van der Waals surface area (Å²) in [4.78, 5) is 2.33. The van der Waals surface area contributed by atoms with Gasteiger partial charge in [0.25, 0.3) is 0 Å². The number of oxime groups is 1. The second kappa shape index (κ2) is 6.92. The highest BCUT2D eigenvalue weighted by atomic mass is 16.4. The van der Waals surface area contributed by atoms with Crippen molar-refractivity contribution in [1.29, 1.82) is 0 Å². The van der Waals surface area contributed by atoms with Crippen molar-refractivity contribution < 1.29 is 5.21 Å². The number of nitrogens with one attached hydrogen (secondary N) is 1. The van der Waals surface area contributed by atoms with Gasteiger partial charge in [-0.25, -0.2) is 5.01 Å². The Balaban J connectivity index is 2.15. The molecule has 6 nitrogen and oxygen atoms in total. The molecule has 0 atom stereocenters. The lowest BCUT2D eigenvalue weighted by molar-refractivity contribution is 0.103. The summed E-state index contributed by atoms with van der Waals surface area (Å²) >= 11 is 0. The number of hydrazine groups is 1. The zero-order valence-electron chi connectivity index (χ0n) is 11.8. The van der Waals surface area contributed by atoms with Crippen molar-refractivity contribution in [2.45, 2.75) is 26.7 Å². The molecule has 4 N–H and O–H groups in total. The average Bonchev–Trinajstić information content (AvgIpc) is 2.35.